The van der Waals surface area contributed by atoms with Crippen LogP contribution in [-0.4, -0.2) is 104 Å². The quantitative estimate of drug-likeness (QED) is 0.0358. The van der Waals surface area contributed by atoms with Crippen LogP contribution in [0.4, 0.5) is 65.2 Å². The Balaban J connectivity index is 0.000000161. The van der Waals surface area contributed by atoms with Gasteiger partial charge in [-0.2, -0.15) is 20.4 Å². The number of anilines is 8. The lowest BCUT2D eigenvalue weighted by Gasteiger charge is -2.18. The minimum atomic E-state index is -0.509. The van der Waals surface area contributed by atoms with E-state index < -0.39 is 18.1 Å². The number of carbonyl (C=O) groups is 5. The predicted octanol–water partition coefficient (Wildman–Crippen LogP) is 21.5. The molecule has 644 valence electrons. The lowest BCUT2D eigenvalue weighted by molar-refractivity contribution is -0.120. The number of nitrogens with one attached hydrogen (secondary N) is 10. The maximum Gasteiger partial charge on any atom is 0.324 e. The van der Waals surface area contributed by atoms with Gasteiger partial charge in [0, 0.05) is 69.9 Å². The monoisotopic (exact) mass is 1810 g/mol. The third kappa shape index (κ3) is 25.3. The van der Waals surface area contributed by atoms with Crippen LogP contribution in [0.1, 0.15) is 107 Å². The second kappa shape index (κ2) is 42.1. The zero-order chi connectivity index (χ0) is 89.2. The van der Waals surface area contributed by atoms with Gasteiger partial charge in [-0.1, -0.05) is 235 Å². The second-order valence-electron chi connectivity index (χ2n) is 31.5. The molecule has 0 unspecified atom stereocenters. The molecule has 13 aromatic rings. The van der Waals surface area contributed by atoms with E-state index in [1.54, 1.807) is 116 Å². The summed E-state index contributed by atoms with van der Waals surface area (Å²) >= 11 is 42.5. The van der Waals surface area contributed by atoms with Gasteiger partial charge in [0.05, 0.1) is 119 Å². The van der Waals surface area contributed by atoms with Crippen molar-refractivity contribution < 1.29 is 39.3 Å². The largest absolute Gasteiger partial charge is 0.395 e. The van der Waals surface area contributed by atoms with Crippen molar-refractivity contribution in [3.05, 3.63) is 305 Å². The zero-order valence-corrected chi connectivity index (χ0v) is 74.4. The van der Waals surface area contributed by atoms with Crippen molar-refractivity contribution in [1.82, 2.24) is 49.8 Å². The average molecular weight is 1820 g/mol. The lowest BCUT2D eigenvalue weighted by Crippen LogP contribution is -2.27. The molecular formula is C91H93Cl7N18O8. The Bertz CT molecular complexity index is 5940. The summed E-state index contributed by atoms with van der Waals surface area (Å²) in [4.78, 5) is 62.7. The normalized spacial score (nSPS) is 11.7. The van der Waals surface area contributed by atoms with E-state index >= 15 is 0 Å². The topological polar surface area (TPSA) is 338 Å². The van der Waals surface area contributed by atoms with E-state index in [1.165, 1.54) is 11.1 Å². The molecule has 26 nitrogen and oxygen atoms in total. The van der Waals surface area contributed by atoms with E-state index in [0.717, 1.165) is 70.2 Å². The van der Waals surface area contributed by atoms with Gasteiger partial charge < -0.3 is 47.2 Å². The van der Waals surface area contributed by atoms with Crippen LogP contribution in [0.3, 0.4) is 0 Å². The first-order valence-electron chi connectivity index (χ1n) is 39.2. The summed E-state index contributed by atoms with van der Waals surface area (Å²) < 4.78 is 6.69. The molecule has 14 rings (SSSR count). The molecule has 33 heteroatoms. The number of halogens is 7. The van der Waals surface area contributed by atoms with E-state index in [2.05, 4.69) is 117 Å². The first kappa shape index (κ1) is 92.9. The highest BCUT2D eigenvalue weighted by Gasteiger charge is 2.27. The van der Waals surface area contributed by atoms with Crippen LogP contribution < -0.4 is 53.2 Å². The van der Waals surface area contributed by atoms with E-state index in [-0.39, 0.29) is 71.0 Å². The molecule has 4 aromatic heterocycles. The van der Waals surface area contributed by atoms with Gasteiger partial charge >= 0.3 is 24.1 Å². The van der Waals surface area contributed by atoms with Crippen LogP contribution >= 0.6 is 81.2 Å². The van der Waals surface area contributed by atoms with E-state index in [4.69, 9.17) is 96.5 Å². The minimum Gasteiger partial charge on any atom is -0.395 e. The lowest BCUT2D eigenvalue weighted by atomic mass is 9.92. The van der Waals surface area contributed by atoms with Crippen LogP contribution in [0.2, 0.25) is 35.2 Å². The summed E-state index contributed by atoms with van der Waals surface area (Å²) in [7, 11) is 0. The molecule has 0 spiro atoms. The predicted molar refractivity (Wildman–Crippen MR) is 498 cm³/mol. The van der Waals surface area contributed by atoms with Crippen molar-refractivity contribution in [2.24, 2.45) is 0 Å². The molecule has 0 bridgehead atoms. The van der Waals surface area contributed by atoms with Gasteiger partial charge in [0.15, 0.2) is 0 Å². The molecule has 9 aromatic carbocycles. The number of amides is 9. The maximum absolute atomic E-state index is 12.8. The number of hydrogen-bond donors (Lipinski definition) is 13. The molecule has 0 radical (unpaired) electrons. The molecular weight excluding hydrogens is 1720 g/mol. The van der Waals surface area contributed by atoms with E-state index in [0.29, 0.717) is 88.2 Å². The standard InChI is InChI=1S/C24H27Cl2N5O3.C23H25Cl2N5O.C23H18Cl2N4O2.C21H23ClN4O2/c1-24(2,3)19-14-20(29-23(34)28-18-9-5-8-17(25)22(18)26)31(30-19)16-7-4-6-15(12-16)13-21(33)27-10-11-32;1-23(2,3)19-12-20(28-22(31)27-18-6-4-5-17(24)21(18)25)30(29-19)16-8-7-14-9-10-26-13-15(14)11-16;24-18-10-5-11-19(22(18)25)26-23(31)27-21-13-20(16-7-2-1-3-8-16)28-29(21)17-9-4-6-15(12-17)14-30;1-21(2,3)18-12-19(24-20(28)23-16-8-6-15(22)7-9-16)26(25-18)17-10-4-14(13-27)5-11-17/h4-9,12,14,32H,10-11,13H2,1-3H3,(H,27,33)(H2,28,29,34);4-8,11-12,26H,9-10,13H2,1-3H3,(H2,27,28,31);1-13,30H,14H2,(H2,26,27,31);4-12,27H,13H2,1-3H3,(H2,23,24,28). The summed E-state index contributed by atoms with van der Waals surface area (Å²) in [5.41, 5.74) is 13.3. The average Bonchev–Trinajstić information content (AvgIpc) is 1.66. The van der Waals surface area contributed by atoms with E-state index in [1.807, 2.05) is 136 Å². The number of carbonyl (C=O) groups excluding carboxylic acids is 5. The van der Waals surface area contributed by atoms with Gasteiger partial charge in [-0.25, -0.2) is 37.9 Å². The highest BCUT2D eigenvalue weighted by atomic mass is 35.5. The van der Waals surface area contributed by atoms with Crippen LogP contribution in [-0.2, 0) is 53.6 Å². The second-order valence-corrected chi connectivity index (χ2v) is 34.3. The number of aliphatic hydroxyl groups is 3. The maximum atomic E-state index is 12.8. The molecule has 5 heterocycles. The smallest absolute Gasteiger partial charge is 0.324 e. The Labute approximate surface area is 752 Å². The van der Waals surface area contributed by atoms with Crippen LogP contribution in [0.25, 0.3) is 34.0 Å². The Morgan fingerprint density at radius 2 is 0.798 bits per heavy atom. The van der Waals surface area contributed by atoms with Crippen molar-refractivity contribution in [2.75, 3.05) is 62.2 Å². The molecule has 0 fully saturated rings. The summed E-state index contributed by atoms with van der Waals surface area (Å²) in [5.74, 6) is 1.82. The third-order valence-electron chi connectivity index (χ3n) is 18.9. The Morgan fingerprint density at radius 1 is 0.387 bits per heavy atom. The summed E-state index contributed by atoms with van der Waals surface area (Å²) in [5, 5.41) is 77.3. The fraction of sp³-hybridized carbons (Fsp3) is 0.220. The van der Waals surface area contributed by atoms with Crippen LogP contribution in [0.5, 0.6) is 0 Å². The number of rotatable bonds is 19. The van der Waals surface area contributed by atoms with Crippen molar-refractivity contribution >= 4 is 157 Å². The summed E-state index contributed by atoms with van der Waals surface area (Å²) in [6, 6.07) is 65.4. The van der Waals surface area contributed by atoms with Gasteiger partial charge in [-0.05, 0) is 150 Å². The van der Waals surface area contributed by atoms with Gasteiger partial charge in [0.25, 0.3) is 0 Å². The van der Waals surface area contributed by atoms with Crippen molar-refractivity contribution in [1.29, 1.82) is 0 Å². The molecule has 0 saturated heterocycles. The number of hydrogen-bond acceptors (Lipinski definition) is 13. The first-order chi connectivity index (χ1) is 59.1. The molecule has 124 heavy (non-hydrogen) atoms. The molecule has 0 saturated carbocycles. The van der Waals surface area contributed by atoms with Crippen LogP contribution in [0.15, 0.2) is 224 Å². The Kier molecular flexibility index (Phi) is 31.5. The summed E-state index contributed by atoms with van der Waals surface area (Å²) in [6.45, 7) is 20.3. The minimum absolute atomic E-state index is 0.0266. The van der Waals surface area contributed by atoms with Crippen molar-refractivity contribution in [3.63, 3.8) is 0 Å². The number of fused-ring (bicyclic) bond motifs is 1. The number of urea groups is 4. The fourth-order valence-corrected chi connectivity index (χ4v) is 13.5. The zero-order valence-electron chi connectivity index (χ0n) is 69.1. The molecule has 9 amide bonds. The van der Waals surface area contributed by atoms with Gasteiger partial charge in [-0.15, -0.1) is 0 Å². The van der Waals surface area contributed by atoms with E-state index in [9.17, 15) is 34.2 Å². The van der Waals surface area contributed by atoms with Crippen molar-refractivity contribution in [2.45, 2.75) is 111 Å². The van der Waals surface area contributed by atoms with Gasteiger partial charge in [0.1, 0.15) is 23.3 Å². The molecule has 1 aliphatic rings. The molecule has 0 aliphatic carbocycles. The molecule has 13 N–H and O–H groups in total. The van der Waals surface area contributed by atoms with Gasteiger partial charge in [-0.3, -0.25) is 26.1 Å². The fourth-order valence-electron chi connectivity index (χ4n) is 12.3. The number of nitrogens with zero attached hydrogens (tertiary/aromatic N) is 8. The van der Waals surface area contributed by atoms with Crippen LogP contribution in [0, 0.1) is 0 Å². The molecule has 0 atom stereocenters. The van der Waals surface area contributed by atoms with Crippen molar-refractivity contribution in [3.8, 4) is 34.0 Å². The number of aromatic nitrogens is 8. The number of aliphatic hydroxyl groups excluding tert-OH is 3. The Morgan fingerprint density at radius 3 is 1.26 bits per heavy atom. The third-order valence-corrected chi connectivity index (χ3v) is 21.6. The van der Waals surface area contributed by atoms with Gasteiger partial charge in [0.2, 0.25) is 5.91 Å². The number of benzene rings is 9. The highest BCUT2D eigenvalue weighted by molar-refractivity contribution is 6.45. The SMILES string of the molecule is CC(C)(C)c1cc(NC(=O)Nc2ccc(Cl)cc2)n(-c2ccc(CO)cc2)n1.CC(C)(C)c1cc(NC(=O)Nc2cccc(Cl)c2Cl)n(-c2ccc3c(c2)CNCC3)n1.CC(C)(C)c1cc(NC(=O)Nc2cccc(Cl)c2Cl)n(-c2cccc(CC(=O)NCCO)c2)n1.O=C(Nc1cccc(Cl)c1Cl)Nc1cc(-c2ccccc2)nn1-c1cccc(CO)c1. The summed E-state index contributed by atoms with van der Waals surface area (Å²) in [6.07, 6.45) is 1.16. The Hall–Kier alpha value is -11.8. The highest BCUT2D eigenvalue weighted by Crippen LogP contribution is 2.36. The first-order valence-corrected chi connectivity index (χ1v) is 41.8. The molecule has 1 aliphatic heterocycles.